The Labute approximate surface area is 124 Å². The molecular weight excluding hydrogens is 266 g/mol. The van der Waals surface area contributed by atoms with Crippen molar-refractivity contribution in [2.75, 3.05) is 5.32 Å². The van der Waals surface area contributed by atoms with Crippen molar-refractivity contribution in [2.24, 2.45) is 0 Å². The van der Waals surface area contributed by atoms with Gasteiger partial charge in [0.25, 0.3) is 0 Å². The van der Waals surface area contributed by atoms with E-state index in [2.05, 4.69) is 20.1 Å². The van der Waals surface area contributed by atoms with Crippen molar-refractivity contribution >= 4 is 11.6 Å². The molecule has 1 fully saturated rings. The van der Waals surface area contributed by atoms with Crippen molar-refractivity contribution in [1.29, 1.82) is 0 Å². The van der Waals surface area contributed by atoms with Gasteiger partial charge in [-0.1, -0.05) is 12.8 Å². The molecule has 0 unspecified atom stereocenters. The van der Waals surface area contributed by atoms with Crippen LogP contribution in [0.5, 0.6) is 0 Å². The van der Waals surface area contributed by atoms with Gasteiger partial charge >= 0.3 is 0 Å². The quantitative estimate of drug-likeness (QED) is 0.939. The second-order valence-corrected chi connectivity index (χ2v) is 5.68. The largest absolute Gasteiger partial charge is 0.326 e. The molecule has 0 radical (unpaired) electrons. The van der Waals surface area contributed by atoms with Crippen LogP contribution in [-0.2, 0) is 11.3 Å². The lowest BCUT2D eigenvalue weighted by molar-refractivity contribution is -0.116. The number of amides is 1. The van der Waals surface area contributed by atoms with Crippen LogP contribution in [-0.4, -0.2) is 25.2 Å². The van der Waals surface area contributed by atoms with E-state index in [0.29, 0.717) is 6.04 Å². The zero-order chi connectivity index (χ0) is 14.8. The first-order valence-electron chi connectivity index (χ1n) is 7.47. The molecule has 1 aliphatic rings. The summed E-state index contributed by atoms with van der Waals surface area (Å²) < 4.78 is 3.89. The highest BCUT2D eigenvalue weighted by Gasteiger charge is 2.20. The fourth-order valence-corrected chi connectivity index (χ4v) is 2.98. The molecule has 6 nitrogen and oxygen atoms in total. The Kier molecular flexibility index (Phi) is 3.77. The first kappa shape index (κ1) is 13.9. The second kappa shape index (κ2) is 5.71. The molecule has 0 spiro atoms. The molecule has 112 valence electrons. The Morgan fingerprint density at radius 1 is 1.38 bits per heavy atom. The maximum Gasteiger partial charge on any atom is 0.244 e. The molecule has 2 aromatic heterocycles. The molecule has 1 amide bonds. The zero-order valence-corrected chi connectivity index (χ0v) is 12.5. The van der Waals surface area contributed by atoms with Crippen molar-refractivity contribution < 1.29 is 4.79 Å². The van der Waals surface area contributed by atoms with Gasteiger partial charge in [-0.3, -0.25) is 9.48 Å². The molecule has 0 saturated heterocycles. The average molecular weight is 287 g/mol. The van der Waals surface area contributed by atoms with E-state index in [0.717, 1.165) is 17.2 Å². The van der Waals surface area contributed by atoms with Crippen LogP contribution in [0.15, 0.2) is 18.6 Å². The maximum absolute atomic E-state index is 12.1. The Balaban J connectivity index is 1.67. The van der Waals surface area contributed by atoms with Crippen LogP contribution in [0, 0.1) is 13.8 Å². The number of nitrogens with one attached hydrogen (secondary N) is 1. The molecule has 0 aromatic carbocycles. The average Bonchev–Trinajstić information content (AvgIpc) is 3.15. The number of carbonyl (C=O) groups is 1. The van der Waals surface area contributed by atoms with Gasteiger partial charge < -0.3 is 9.88 Å². The van der Waals surface area contributed by atoms with Crippen molar-refractivity contribution in [3.63, 3.8) is 0 Å². The van der Waals surface area contributed by atoms with Gasteiger partial charge in [0, 0.05) is 12.4 Å². The third-order valence-electron chi connectivity index (χ3n) is 4.23. The van der Waals surface area contributed by atoms with Crippen LogP contribution in [0.2, 0.25) is 0 Å². The second-order valence-electron chi connectivity index (χ2n) is 5.68. The van der Waals surface area contributed by atoms with Gasteiger partial charge in [-0.2, -0.15) is 5.10 Å². The number of anilines is 1. The Morgan fingerprint density at radius 3 is 2.81 bits per heavy atom. The van der Waals surface area contributed by atoms with Gasteiger partial charge in [-0.25, -0.2) is 4.98 Å². The Bertz CT molecular complexity index is 636. The molecule has 0 bridgehead atoms. The minimum atomic E-state index is -0.0508. The normalized spacial score (nSPS) is 15.5. The van der Waals surface area contributed by atoms with Gasteiger partial charge in [0.05, 0.1) is 23.6 Å². The SMILES string of the molecule is Cc1nccn1CC(=O)Nc1cnn(C2CCCC2)c1C. The van der Waals surface area contributed by atoms with E-state index in [1.165, 1.54) is 25.7 Å². The minimum Gasteiger partial charge on any atom is -0.326 e. The standard InChI is InChI=1S/C15H21N5O/c1-11-14(9-17-20(11)13-5-3-4-6-13)18-15(21)10-19-8-7-16-12(19)2/h7-9,13H,3-6,10H2,1-2H3,(H,18,21). The molecule has 2 aromatic rings. The number of hydrogen-bond acceptors (Lipinski definition) is 3. The lowest BCUT2D eigenvalue weighted by Gasteiger charge is -2.13. The molecule has 1 aliphatic carbocycles. The Hall–Kier alpha value is -2.11. The molecule has 0 aliphatic heterocycles. The van der Waals surface area contributed by atoms with Crippen LogP contribution in [0.4, 0.5) is 5.69 Å². The minimum absolute atomic E-state index is 0.0508. The fourth-order valence-electron chi connectivity index (χ4n) is 2.98. The molecule has 0 atom stereocenters. The van der Waals surface area contributed by atoms with Gasteiger partial charge in [0.15, 0.2) is 0 Å². The number of aromatic nitrogens is 4. The summed E-state index contributed by atoms with van der Waals surface area (Å²) >= 11 is 0. The van der Waals surface area contributed by atoms with Crippen molar-refractivity contribution in [3.8, 4) is 0 Å². The van der Waals surface area contributed by atoms with Crippen LogP contribution >= 0.6 is 0 Å². The van der Waals surface area contributed by atoms with E-state index < -0.39 is 0 Å². The summed E-state index contributed by atoms with van der Waals surface area (Å²) in [7, 11) is 0. The smallest absolute Gasteiger partial charge is 0.244 e. The predicted molar refractivity (Wildman–Crippen MR) is 80.1 cm³/mol. The highest BCUT2D eigenvalue weighted by molar-refractivity contribution is 5.91. The lowest BCUT2D eigenvalue weighted by Crippen LogP contribution is -2.19. The molecule has 3 rings (SSSR count). The summed E-state index contributed by atoms with van der Waals surface area (Å²) in [5, 5.41) is 7.40. The van der Waals surface area contributed by atoms with Crippen molar-refractivity contribution in [2.45, 2.75) is 52.1 Å². The van der Waals surface area contributed by atoms with Gasteiger partial charge in [0.2, 0.25) is 5.91 Å². The summed E-state index contributed by atoms with van der Waals surface area (Å²) in [6, 6.07) is 0.492. The number of imidazole rings is 1. The van der Waals surface area contributed by atoms with E-state index in [4.69, 9.17) is 0 Å². The third-order valence-corrected chi connectivity index (χ3v) is 4.23. The fraction of sp³-hybridized carbons (Fsp3) is 0.533. The first-order valence-corrected chi connectivity index (χ1v) is 7.47. The van der Waals surface area contributed by atoms with E-state index in [1.807, 2.05) is 24.6 Å². The van der Waals surface area contributed by atoms with E-state index >= 15 is 0 Å². The number of nitrogens with zero attached hydrogens (tertiary/aromatic N) is 4. The zero-order valence-electron chi connectivity index (χ0n) is 12.5. The Morgan fingerprint density at radius 2 is 2.14 bits per heavy atom. The number of carbonyl (C=O) groups excluding carboxylic acids is 1. The number of hydrogen-bond donors (Lipinski definition) is 1. The summed E-state index contributed by atoms with van der Waals surface area (Å²) in [6.45, 7) is 4.18. The summed E-state index contributed by atoms with van der Waals surface area (Å²) in [5.41, 5.74) is 1.85. The van der Waals surface area contributed by atoms with Gasteiger partial charge in [0.1, 0.15) is 12.4 Å². The van der Waals surface area contributed by atoms with Crippen LogP contribution in [0.25, 0.3) is 0 Å². The predicted octanol–water partition coefficient (Wildman–Crippen LogP) is 2.45. The molecule has 1 saturated carbocycles. The first-order chi connectivity index (χ1) is 10.1. The van der Waals surface area contributed by atoms with Crippen LogP contribution in [0.1, 0.15) is 43.2 Å². The molecule has 1 N–H and O–H groups in total. The summed E-state index contributed by atoms with van der Waals surface area (Å²) in [4.78, 5) is 16.2. The topological polar surface area (TPSA) is 64.7 Å². The lowest BCUT2D eigenvalue weighted by atomic mass is 10.2. The number of aryl methyl sites for hydroxylation is 1. The van der Waals surface area contributed by atoms with Crippen LogP contribution < -0.4 is 5.32 Å². The van der Waals surface area contributed by atoms with Crippen molar-refractivity contribution in [3.05, 3.63) is 30.1 Å². The van der Waals surface area contributed by atoms with Gasteiger partial charge in [-0.15, -0.1) is 0 Å². The summed E-state index contributed by atoms with van der Waals surface area (Å²) in [5.74, 6) is 0.786. The molecule has 2 heterocycles. The molecule has 21 heavy (non-hydrogen) atoms. The molecule has 6 heteroatoms. The van der Waals surface area contributed by atoms with Crippen LogP contribution in [0.3, 0.4) is 0 Å². The molecular formula is C15H21N5O. The van der Waals surface area contributed by atoms with E-state index in [1.54, 1.807) is 12.4 Å². The summed E-state index contributed by atoms with van der Waals surface area (Å²) in [6.07, 6.45) is 10.2. The monoisotopic (exact) mass is 287 g/mol. The van der Waals surface area contributed by atoms with E-state index in [9.17, 15) is 4.79 Å². The number of rotatable bonds is 4. The highest BCUT2D eigenvalue weighted by Crippen LogP contribution is 2.31. The van der Waals surface area contributed by atoms with E-state index in [-0.39, 0.29) is 12.5 Å². The maximum atomic E-state index is 12.1. The third kappa shape index (κ3) is 2.84. The van der Waals surface area contributed by atoms with Gasteiger partial charge in [-0.05, 0) is 26.7 Å². The highest BCUT2D eigenvalue weighted by atomic mass is 16.2. The van der Waals surface area contributed by atoms with Crippen molar-refractivity contribution in [1.82, 2.24) is 19.3 Å².